The minimum atomic E-state index is 0.168. The molecular formula is C24H33N5O. The quantitative estimate of drug-likeness (QED) is 0.788. The Morgan fingerprint density at radius 2 is 1.97 bits per heavy atom. The Balaban J connectivity index is 1.14. The monoisotopic (exact) mass is 407 g/mol. The molecule has 6 nitrogen and oxygen atoms in total. The molecule has 1 amide bonds. The molecule has 2 aromatic rings. The van der Waals surface area contributed by atoms with Crippen LogP contribution in [-0.4, -0.2) is 46.7 Å². The van der Waals surface area contributed by atoms with Crippen LogP contribution in [0.25, 0.3) is 0 Å². The fourth-order valence-electron chi connectivity index (χ4n) is 5.51. The number of piperidine rings is 1. The second-order valence-corrected chi connectivity index (χ2v) is 9.27. The van der Waals surface area contributed by atoms with E-state index in [4.69, 9.17) is 0 Å². The molecule has 5 rings (SSSR count). The van der Waals surface area contributed by atoms with E-state index in [1.54, 1.807) is 0 Å². The summed E-state index contributed by atoms with van der Waals surface area (Å²) in [4.78, 5) is 17.5. The molecule has 3 aliphatic rings. The van der Waals surface area contributed by atoms with Crippen molar-refractivity contribution in [1.82, 2.24) is 15.1 Å². The van der Waals surface area contributed by atoms with Crippen molar-refractivity contribution in [3.8, 4) is 0 Å². The smallest absolute Gasteiger partial charge is 0.224 e. The summed E-state index contributed by atoms with van der Waals surface area (Å²) in [5.41, 5.74) is 4.84. The number of carbonyl (C=O) groups excluding carboxylic acids is 1. The molecule has 6 heteroatoms. The molecule has 0 radical (unpaired) electrons. The summed E-state index contributed by atoms with van der Waals surface area (Å²) < 4.78 is 0. The van der Waals surface area contributed by atoms with E-state index in [1.807, 2.05) is 12.3 Å². The topological polar surface area (TPSA) is 64.3 Å². The number of H-pyrrole nitrogens is 1. The predicted octanol–water partition coefficient (Wildman–Crippen LogP) is 3.96. The van der Waals surface area contributed by atoms with Gasteiger partial charge in [-0.2, -0.15) is 5.10 Å². The van der Waals surface area contributed by atoms with Crippen molar-refractivity contribution >= 4 is 17.3 Å². The summed E-state index contributed by atoms with van der Waals surface area (Å²) in [7, 11) is 0. The molecular weight excluding hydrogens is 374 g/mol. The lowest BCUT2D eigenvalue weighted by atomic mass is 9.98. The lowest BCUT2D eigenvalue weighted by Gasteiger charge is -2.40. The first-order valence-corrected chi connectivity index (χ1v) is 11.6. The van der Waals surface area contributed by atoms with E-state index in [0.29, 0.717) is 18.4 Å². The second-order valence-electron chi connectivity index (χ2n) is 9.27. The second kappa shape index (κ2) is 8.80. The standard InChI is InChI=1S/C24H33N5O/c30-24(14-18-4-1-2-5-18)26-20-6-3-7-22(15-20)28-11-8-21(9-12-28)29-13-10-23-19(17-29)16-25-27-23/h3,6-7,15-16,18,21H,1-2,4-5,8-14,17H2,(H,25,27)(H,26,30). The van der Waals surface area contributed by atoms with Crippen LogP contribution in [0, 0.1) is 5.92 Å². The van der Waals surface area contributed by atoms with Crippen molar-refractivity contribution in [3.63, 3.8) is 0 Å². The van der Waals surface area contributed by atoms with E-state index in [9.17, 15) is 4.79 Å². The zero-order valence-electron chi connectivity index (χ0n) is 17.8. The summed E-state index contributed by atoms with van der Waals surface area (Å²) in [5.74, 6) is 0.751. The zero-order chi connectivity index (χ0) is 20.3. The number of aromatic amines is 1. The predicted molar refractivity (Wildman–Crippen MR) is 120 cm³/mol. The van der Waals surface area contributed by atoms with Crippen LogP contribution < -0.4 is 10.2 Å². The maximum absolute atomic E-state index is 12.4. The van der Waals surface area contributed by atoms with Gasteiger partial charge in [0.05, 0.1) is 6.20 Å². The Hall–Kier alpha value is -2.34. The highest BCUT2D eigenvalue weighted by atomic mass is 16.1. The molecule has 1 aromatic carbocycles. The number of nitrogens with zero attached hydrogens (tertiary/aromatic N) is 3. The molecule has 2 fully saturated rings. The summed E-state index contributed by atoms with van der Waals surface area (Å²) >= 11 is 0. The SMILES string of the molecule is O=C(CC1CCCC1)Nc1cccc(N2CCC(N3CCc4[nH]ncc4C3)CC2)c1. The first kappa shape index (κ1) is 19.6. The largest absolute Gasteiger partial charge is 0.371 e. The summed E-state index contributed by atoms with van der Waals surface area (Å²) in [6.45, 7) is 4.29. The number of aromatic nitrogens is 2. The Morgan fingerprint density at radius 1 is 1.13 bits per heavy atom. The third kappa shape index (κ3) is 4.38. The Morgan fingerprint density at radius 3 is 2.80 bits per heavy atom. The van der Waals surface area contributed by atoms with Crippen LogP contribution in [0.3, 0.4) is 0 Å². The Bertz CT molecular complexity index is 864. The van der Waals surface area contributed by atoms with Crippen molar-refractivity contribution in [2.75, 3.05) is 29.9 Å². The number of amides is 1. The Kier molecular flexibility index (Phi) is 5.75. The van der Waals surface area contributed by atoms with Gasteiger partial charge in [-0.1, -0.05) is 18.9 Å². The highest BCUT2D eigenvalue weighted by Gasteiger charge is 2.28. The molecule has 0 atom stereocenters. The van der Waals surface area contributed by atoms with E-state index >= 15 is 0 Å². The first-order chi connectivity index (χ1) is 14.7. The lowest BCUT2D eigenvalue weighted by Crippen LogP contribution is -2.46. The number of benzene rings is 1. The Labute approximate surface area is 179 Å². The fourth-order valence-corrected chi connectivity index (χ4v) is 5.51. The summed E-state index contributed by atoms with van der Waals surface area (Å²) in [5, 5.41) is 10.5. The molecule has 30 heavy (non-hydrogen) atoms. The van der Waals surface area contributed by atoms with E-state index < -0.39 is 0 Å². The van der Waals surface area contributed by atoms with Crippen molar-refractivity contribution < 1.29 is 4.79 Å². The molecule has 2 aliphatic heterocycles. The van der Waals surface area contributed by atoms with Gasteiger partial charge >= 0.3 is 0 Å². The van der Waals surface area contributed by atoms with Crippen LogP contribution in [0.1, 0.15) is 56.2 Å². The van der Waals surface area contributed by atoms with Gasteiger partial charge in [-0.15, -0.1) is 0 Å². The van der Waals surface area contributed by atoms with Crippen molar-refractivity contribution in [1.29, 1.82) is 0 Å². The van der Waals surface area contributed by atoms with Gasteiger partial charge in [-0.3, -0.25) is 14.8 Å². The lowest BCUT2D eigenvalue weighted by molar-refractivity contribution is -0.117. The van der Waals surface area contributed by atoms with Crippen LogP contribution in [0.2, 0.25) is 0 Å². The average molecular weight is 408 g/mol. The maximum atomic E-state index is 12.4. The molecule has 1 saturated carbocycles. The fraction of sp³-hybridized carbons (Fsp3) is 0.583. The van der Waals surface area contributed by atoms with E-state index in [0.717, 1.165) is 38.3 Å². The van der Waals surface area contributed by atoms with Crippen LogP contribution in [0.5, 0.6) is 0 Å². The number of nitrogens with one attached hydrogen (secondary N) is 2. The van der Waals surface area contributed by atoms with Gasteiger partial charge in [0, 0.05) is 67.7 Å². The molecule has 160 valence electrons. The molecule has 1 aromatic heterocycles. The highest BCUT2D eigenvalue weighted by Crippen LogP contribution is 2.29. The van der Waals surface area contributed by atoms with Crippen LogP contribution in [-0.2, 0) is 17.8 Å². The highest BCUT2D eigenvalue weighted by molar-refractivity contribution is 5.91. The van der Waals surface area contributed by atoms with Gasteiger partial charge in [0.15, 0.2) is 0 Å². The minimum Gasteiger partial charge on any atom is -0.371 e. The third-order valence-electron chi connectivity index (χ3n) is 7.25. The number of fused-ring (bicyclic) bond motifs is 1. The maximum Gasteiger partial charge on any atom is 0.224 e. The molecule has 0 spiro atoms. The zero-order valence-corrected chi connectivity index (χ0v) is 17.8. The average Bonchev–Trinajstić information content (AvgIpc) is 3.45. The van der Waals surface area contributed by atoms with Crippen molar-refractivity contribution in [3.05, 3.63) is 41.7 Å². The van der Waals surface area contributed by atoms with E-state index in [2.05, 4.69) is 43.5 Å². The molecule has 3 heterocycles. The van der Waals surface area contributed by atoms with Crippen LogP contribution in [0.4, 0.5) is 11.4 Å². The molecule has 1 aliphatic carbocycles. The first-order valence-electron chi connectivity index (χ1n) is 11.6. The van der Waals surface area contributed by atoms with Crippen LogP contribution >= 0.6 is 0 Å². The number of anilines is 2. The van der Waals surface area contributed by atoms with E-state index in [1.165, 1.54) is 55.5 Å². The third-order valence-corrected chi connectivity index (χ3v) is 7.25. The molecule has 1 saturated heterocycles. The van der Waals surface area contributed by atoms with Gasteiger partial charge in [0.25, 0.3) is 0 Å². The van der Waals surface area contributed by atoms with Gasteiger partial charge in [-0.05, 0) is 49.8 Å². The molecule has 0 unspecified atom stereocenters. The van der Waals surface area contributed by atoms with Crippen LogP contribution in [0.15, 0.2) is 30.5 Å². The number of rotatable bonds is 5. The molecule has 2 N–H and O–H groups in total. The van der Waals surface area contributed by atoms with Gasteiger partial charge in [-0.25, -0.2) is 0 Å². The van der Waals surface area contributed by atoms with E-state index in [-0.39, 0.29) is 5.91 Å². The van der Waals surface area contributed by atoms with Gasteiger partial charge in [0.1, 0.15) is 0 Å². The van der Waals surface area contributed by atoms with Crippen molar-refractivity contribution in [2.24, 2.45) is 5.92 Å². The number of carbonyl (C=O) groups is 1. The minimum absolute atomic E-state index is 0.168. The normalized spacial score (nSPS) is 21.0. The molecule has 0 bridgehead atoms. The number of hydrogen-bond acceptors (Lipinski definition) is 4. The number of hydrogen-bond donors (Lipinski definition) is 2. The van der Waals surface area contributed by atoms with Crippen molar-refractivity contribution in [2.45, 2.75) is 64.0 Å². The summed E-state index contributed by atoms with van der Waals surface area (Å²) in [6.07, 6.45) is 11.1. The summed E-state index contributed by atoms with van der Waals surface area (Å²) in [6, 6.07) is 9.05. The van der Waals surface area contributed by atoms with Gasteiger partial charge in [0.2, 0.25) is 5.91 Å². The van der Waals surface area contributed by atoms with Gasteiger partial charge < -0.3 is 10.2 Å².